The Labute approximate surface area is 147 Å². The molecule has 128 valence electrons. The second-order valence-electron chi connectivity index (χ2n) is 6.00. The summed E-state index contributed by atoms with van der Waals surface area (Å²) in [7, 11) is 0. The molecule has 1 aliphatic rings. The first-order valence-electron chi connectivity index (χ1n) is 8.30. The molecule has 25 heavy (non-hydrogen) atoms. The second-order valence-corrected chi connectivity index (χ2v) is 6.00. The van der Waals surface area contributed by atoms with Crippen molar-refractivity contribution in [2.24, 2.45) is 0 Å². The zero-order valence-electron chi connectivity index (χ0n) is 14.2. The number of urea groups is 1. The van der Waals surface area contributed by atoms with Crippen molar-refractivity contribution >= 4 is 29.4 Å². The molecule has 2 aromatic rings. The highest BCUT2D eigenvalue weighted by molar-refractivity contribution is 5.96. The highest BCUT2D eigenvalue weighted by Gasteiger charge is 2.21. The third-order valence-corrected chi connectivity index (χ3v) is 3.99. The molecule has 0 bridgehead atoms. The Hall–Kier alpha value is -3.08. The molecule has 1 fully saturated rings. The molecule has 3 amide bonds. The lowest BCUT2D eigenvalue weighted by Gasteiger charge is -2.15. The summed E-state index contributed by atoms with van der Waals surface area (Å²) in [6.07, 6.45) is 4.07. The molecule has 3 rings (SSSR count). The number of rotatable bonds is 5. The van der Waals surface area contributed by atoms with Crippen molar-refractivity contribution in [2.75, 3.05) is 23.3 Å². The second kappa shape index (κ2) is 7.66. The first-order valence-corrected chi connectivity index (χ1v) is 8.30. The smallest absolute Gasteiger partial charge is 0.321 e. The van der Waals surface area contributed by atoms with Gasteiger partial charge < -0.3 is 10.6 Å². The number of hydrogen-bond donors (Lipinski definition) is 2. The molecule has 2 N–H and O–H groups in total. The van der Waals surface area contributed by atoms with Gasteiger partial charge in [0.05, 0.1) is 0 Å². The molecule has 0 saturated carbocycles. The van der Waals surface area contributed by atoms with Crippen LogP contribution in [-0.2, 0) is 4.79 Å². The van der Waals surface area contributed by atoms with Crippen molar-refractivity contribution in [3.05, 3.63) is 65.7 Å². The van der Waals surface area contributed by atoms with Crippen LogP contribution in [0.25, 0.3) is 6.08 Å². The van der Waals surface area contributed by atoms with Gasteiger partial charge in [0.2, 0.25) is 5.91 Å². The topological polar surface area (TPSA) is 61.4 Å². The largest absolute Gasteiger partial charge is 0.336 e. The van der Waals surface area contributed by atoms with Crippen LogP contribution in [0.15, 0.2) is 54.6 Å². The van der Waals surface area contributed by atoms with Crippen molar-refractivity contribution in [1.82, 2.24) is 5.32 Å². The monoisotopic (exact) mass is 335 g/mol. The third kappa shape index (κ3) is 4.47. The van der Waals surface area contributed by atoms with Gasteiger partial charge in [-0.1, -0.05) is 48.0 Å². The van der Waals surface area contributed by atoms with Crippen LogP contribution >= 0.6 is 0 Å². The number of amides is 3. The van der Waals surface area contributed by atoms with Crippen molar-refractivity contribution in [3.63, 3.8) is 0 Å². The van der Waals surface area contributed by atoms with Gasteiger partial charge in [-0.05, 0) is 30.7 Å². The number of carbonyl (C=O) groups is 2. The van der Waals surface area contributed by atoms with E-state index in [4.69, 9.17) is 0 Å². The Kier molecular flexibility index (Phi) is 5.14. The fourth-order valence-corrected chi connectivity index (χ4v) is 2.66. The minimum Gasteiger partial charge on any atom is -0.336 e. The van der Waals surface area contributed by atoms with Gasteiger partial charge in [0.25, 0.3) is 0 Å². The minimum atomic E-state index is -0.107. The van der Waals surface area contributed by atoms with Crippen LogP contribution < -0.4 is 15.5 Å². The molecular formula is C20H21N3O2. The number of nitrogens with one attached hydrogen (secondary N) is 2. The van der Waals surface area contributed by atoms with E-state index in [0.29, 0.717) is 25.2 Å². The van der Waals surface area contributed by atoms with Gasteiger partial charge in [-0.15, -0.1) is 0 Å². The summed E-state index contributed by atoms with van der Waals surface area (Å²) in [5, 5.41) is 5.63. The van der Waals surface area contributed by atoms with Crippen LogP contribution in [0.2, 0.25) is 0 Å². The van der Waals surface area contributed by atoms with E-state index >= 15 is 0 Å². The van der Waals surface area contributed by atoms with Gasteiger partial charge in [0.1, 0.15) is 0 Å². The van der Waals surface area contributed by atoms with E-state index in [1.54, 1.807) is 4.90 Å². The van der Waals surface area contributed by atoms with Gasteiger partial charge in [-0.2, -0.15) is 0 Å². The van der Waals surface area contributed by atoms with Gasteiger partial charge in [-0.3, -0.25) is 9.69 Å². The van der Waals surface area contributed by atoms with E-state index in [1.807, 2.05) is 67.6 Å². The maximum absolute atomic E-state index is 12.1. The molecule has 5 nitrogen and oxygen atoms in total. The lowest BCUT2D eigenvalue weighted by molar-refractivity contribution is -0.115. The Morgan fingerprint density at radius 1 is 1.24 bits per heavy atom. The first kappa shape index (κ1) is 16.8. The zero-order valence-corrected chi connectivity index (χ0v) is 14.2. The SMILES string of the molecule is Cc1ccc(/C=C/CC(=O)Nc2cccc(N3CCNC3=O)c2)cc1. The molecule has 1 saturated heterocycles. The van der Waals surface area contributed by atoms with E-state index in [0.717, 1.165) is 11.3 Å². The number of anilines is 2. The Balaban J connectivity index is 1.57. The van der Waals surface area contributed by atoms with Crippen LogP contribution in [0, 0.1) is 6.92 Å². The van der Waals surface area contributed by atoms with Crippen molar-refractivity contribution in [2.45, 2.75) is 13.3 Å². The Morgan fingerprint density at radius 3 is 2.76 bits per heavy atom. The van der Waals surface area contributed by atoms with E-state index in [2.05, 4.69) is 10.6 Å². The van der Waals surface area contributed by atoms with E-state index < -0.39 is 0 Å². The number of carbonyl (C=O) groups excluding carboxylic acids is 2. The summed E-state index contributed by atoms with van der Waals surface area (Å²) in [4.78, 5) is 25.5. The Morgan fingerprint density at radius 2 is 2.04 bits per heavy atom. The van der Waals surface area contributed by atoms with Crippen molar-refractivity contribution in [3.8, 4) is 0 Å². The molecule has 0 aliphatic carbocycles. The fraction of sp³-hybridized carbons (Fsp3) is 0.200. The number of nitrogens with zero attached hydrogens (tertiary/aromatic N) is 1. The van der Waals surface area contributed by atoms with Crippen molar-refractivity contribution < 1.29 is 9.59 Å². The molecule has 0 unspecified atom stereocenters. The van der Waals surface area contributed by atoms with Gasteiger partial charge >= 0.3 is 6.03 Å². The molecule has 5 heteroatoms. The summed E-state index contributed by atoms with van der Waals surface area (Å²) >= 11 is 0. The average Bonchev–Trinajstić information content (AvgIpc) is 3.03. The summed E-state index contributed by atoms with van der Waals surface area (Å²) in [5.74, 6) is -0.0913. The lowest BCUT2D eigenvalue weighted by atomic mass is 10.1. The van der Waals surface area contributed by atoms with Crippen LogP contribution in [0.4, 0.5) is 16.2 Å². The first-order chi connectivity index (χ1) is 12.1. The molecule has 1 heterocycles. The number of benzene rings is 2. The summed E-state index contributed by atoms with van der Waals surface area (Å²) in [6, 6.07) is 15.3. The zero-order chi connectivity index (χ0) is 17.6. The van der Waals surface area contributed by atoms with Crippen LogP contribution in [-0.4, -0.2) is 25.0 Å². The molecule has 2 aromatic carbocycles. The van der Waals surface area contributed by atoms with E-state index in [1.165, 1.54) is 5.56 Å². The minimum absolute atomic E-state index is 0.0913. The highest BCUT2D eigenvalue weighted by atomic mass is 16.2. The molecule has 1 aliphatic heterocycles. The standard InChI is InChI=1S/C20H21N3O2/c1-15-8-10-16(11-9-15)4-2-7-19(24)22-17-5-3-6-18(14-17)23-13-12-21-20(23)25/h2-6,8-11,14H,7,12-13H2,1H3,(H,21,25)(H,22,24)/b4-2+. The number of hydrogen-bond acceptors (Lipinski definition) is 2. The predicted molar refractivity (Wildman–Crippen MR) is 101 cm³/mol. The summed E-state index contributed by atoms with van der Waals surface area (Å²) in [5.41, 5.74) is 3.75. The lowest BCUT2D eigenvalue weighted by Crippen LogP contribution is -2.27. The van der Waals surface area contributed by atoms with Gasteiger partial charge in [-0.25, -0.2) is 4.79 Å². The Bertz CT molecular complexity index is 797. The molecule has 0 spiro atoms. The van der Waals surface area contributed by atoms with Gasteiger partial charge in [0, 0.05) is 30.9 Å². The van der Waals surface area contributed by atoms with Crippen LogP contribution in [0.1, 0.15) is 17.5 Å². The highest BCUT2D eigenvalue weighted by Crippen LogP contribution is 2.21. The number of aryl methyl sites for hydroxylation is 1. The third-order valence-electron chi connectivity index (χ3n) is 3.99. The van der Waals surface area contributed by atoms with E-state index in [9.17, 15) is 9.59 Å². The maximum atomic E-state index is 12.1. The maximum Gasteiger partial charge on any atom is 0.321 e. The van der Waals surface area contributed by atoms with Gasteiger partial charge in [0.15, 0.2) is 0 Å². The van der Waals surface area contributed by atoms with Crippen LogP contribution in [0.3, 0.4) is 0 Å². The van der Waals surface area contributed by atoms with E-state index in [-0.39, 0.29) is 11.9 Å². The molecule has 0 atom stereocenters. The average molecular weight is 335 g/mol. The molecule has 0 aromatic heterocycles. The molecule has 0 radical (unpaired) electrons. The predicted octanol–water partition coefficient (Wildman–Crippen LogP) is 3.57. The fourth-order valence-electron chi connectivity index (χ4n) is 2.66. The quantitative estimate of drug-likeness (QED) is 0.877. The normalized spacial score (nSPS) is 14.0. The van der Waals surface area contributed by atoms with Crippen molar-refractivity contribution in [1.29, 1.82) is 0 Å². The molecular weight excluding hydrogens is 314 g/mol. The summed E-state index contributed by atoms with van der Waals surface area (Å²) in [6.45, 7) is 3.32. The summed E-state index contributed by atoms with van der Waals surface area (Å²) < 4.78 is 0. The van der Waals surface area contributed by atoms with Crippen LogP contribution in [0.5, 0.6) is 0 Å².